The number of benzene rings is 4. The Hall–Kier alpha value is -3.04. The highest BCUT2D eigenvalue weighted by molar-refractivity contribution is 5.89. The van der Waals surface area contributed by atoms with Crippen LogP contribution < -0.4 is 5.73 Å². The minimum atomic E-state index is -0.370. The first-order chi connectivity index (χ1) is 15.6. The third-order valence-electron chi connectivity index (χ3n) is 6.12. The normalized spacial score (nSPS) is 11.2. The molecule has 0 aromatic heterocycles. The first kappa shape index (κ1) is 22.2. The van der Waals surface area contributed by atoms with Crippen LogP contribution in [0.2, 0.25) is 0 Å². The molecule has 0 radical (unpaired) electrons. The Kier molecular flexibility index (Phi) is 6.96. The summed E-state index contributed by atoms with van der Waals surface area (Å²) in [4.78, 5) is 0. The molecule has 0 spiro atoms. The second-order valence-electron chi connectivity index (χ2n) is 8.39. The van der Waals surface area contributed by atoms with Gasteiger partial charge in [-0.05, 0) is 46.5 Å². The topological polar surface area (TPSA) is 26.0 Å². The molecule has 3 heteroatoms. The molecule has 0 saturated heterocycles. The van der Waals surface area contributed by atoms with E-state index in [-0.39, 0.29) is 11.6 Å². The van der Waals surface area contributed by atoms with Crippen molar-refractivity contribution >= 4 is 10.8 Å². The van der Waals surface area contributed by atoms with Gasteiger partial charge in [0.2, 0.25) is 0 Å². The highest BCUT2D eigenvalue weighted by atomic mass is 19.1. The Balaban J connectivity index is 1.61. The van der Waals surface area contributed by atoms with Gasteiger partial charge in [-0.15, -0.1) is 0 Å². The minimum Gasteiger partial charge on any atom is -0.326 e. The molecule has 0 aliphatic carbocycles. The van der Waals surface area contributed by atoms with Crippen LogP contribution in [0.15, 0.2) is 72.8 Å². The Labute approximate surface area is 188 Å². The lowest BCUT2D eigenvalue weighted by molar-refractivity contribution is 0.630. The zero-order chi connectivity index (χ0) is 22.5. The monoisotopic (exact) mass is 429 g/mol. The van der Waals surface area contributed by atoms with Gasteiger partial charge in [0.05, 0.1) is 0 Å². The van der Waals surface area contributed by atoms with Crippen LogP contribution in [-0.2, 0) is 13.0 Å². The Morgan fingerprint density at radius 1 is 0.688 bits per heavy atom. The van der Waals surface area contributed by atoms with Crippen molar-refractivity contribution in [3.63, 3.8) is 0 Å². The number of fused-ring (bicyclic) bond motifs is 1. The van der Waals surface area contributed by atoms with Gasteiger partial charge in [-0.3, -0.25) is 0 Å². The van der Waals surface area contributed by atoms with Crippen molar-refractivity contribution in [2.45, 2.75) is 45.6 Å². The Morgan fingerprint density at radius 2 is 1.41 bits per heavy atom. The average molecular weight is 430 g/mol. The third-order valence-corrected chi connectivity index (χ3v) is 6.12. The summed E-state index contributed by atoms with van der Waals surface area (Å²) in [5, 5.41) is 1.46. The molecule has 1 nitrogen and oxygen atoms in total. The predicted octanol–water partition coefficient (Wildman–Crippen LogP) is 8.03. The van der Waals surface area contributed by atoms with Crippen molar-refractivity contribution in [3.05, 3.63) is 95.6 Å². The number of unbranched alkanes of at least 4 members (excludes halogenated alkanes) is 3. The second-order valence-corrected chi connectivity index (χ2v) is 8.39. The van der Waals surface area contributed by atoms with E-state index in [0.717, 1.165) is 29.4 Å². The molecule has 0 atom stereocenters. The standard InChI is InChI=1S/C29H29F2N/c1-2-3-4-5-6-20-9-14-26-23(17-20)13-16-27(29(26)31)24-12-15-25(28(30)18-24)22-10-7-21(19-32)8-11-22/h7-18H,2-6,19,32H2,1H3. The maximum Gasteiger partial charge on any atom is 0.138 e. The highest BCUT2D eigenvalue weighted by Gasteiger charge is 2.13. The summed E-state index contributed by atoms with van der Waals surface area (Å²) in [5.74, 6) is -0.676. The zero-order valence-corrected chi connectivity index (χ0v) is 18.5. The molecule has 0 aliphatic rings. The van der Waals surface area contributed by atoms with Crippen molar-refractivity contribution in [1.82, 2.24) is 0 Å². The number of hydrogen-bond donors (Lipinski definition) is 1. The van der Waals surface area contributed by atoms with Crippen LogP contribution in [0.1, 0.15) is 43.7 Å². The van der Waals surface area contributed by atoms with Crippen LogP contribution in [0.5, 0.6) is 0 Å². The van der Waals surface area contributed by atoms with E-state index in [1.165, 1.54) is 30.9 Å². The van der Waals surface area contributed by atoms with Crippen molar-refractivity contribution < 1.29 is 8.78 Å². The van der Waals surface area contributed by atoms with Crippen LogP contribution in [-0.4, -0.2) is 0 Å². The van der Waals surface area contributed by atoms with Gasteiger partial charge in [-0.1, -0.05) is 92.9 Å². The van der Waals surface area contributed by atoms with E-state index in [9.17, 15) is 4.39 Å². The maximum atomic E-state index is 15.3. The van der Waals surface area contributed by atoms with E-state index in [2.05, 4.69) is 13.0 Å². The van der Waals surface area contributed by atoms with Crippen LogP contribution in [0.4, 0.5) is 8.78 Å². The van der Waals surface area contributed by atoms with E-state index in [4.69, 9.17) is 5.73 Å². The molecule has 0 bridgehead atoms. The molecule has 164 valence electrons. The van der Waals surface area contributed by atoms with Gasteiger partial charge in [0.15, 0.2) is 0 Å². The first-order valence-electron chi connectivity index (χ1n) is 11.4. The SMILES string of the molecule is CCCCCCc1ccc2c(F)c(-c3ccc(-c4ccc(CN)cc4)c(F)c3)ccc2c1. The molecule has 0 saturated carbocycles. The Bertz CT molecular complexity index is 1210. The first-order valence-corrected chi connectivity index (χ1v) is 11.4. The molecule has 2 N–H and O–H groups in total. The fraction of sp³-hybridized carbons (Fsp3) is 0.241. The maximum absolute atomic E-state index is 15.3. The molecule has 0 fully saturated rings. The van der Waals surface area contributed by atoms with Gasteiger partial charge in [-0.25, -0.2) is 8.78 Å². The smallest absolute Gasteiger partial charge is 0.138 e. The number of aryl methyl sites for hydroxylation is 1. The van der Waals surface area contributed by atoms with Crippen molar-refractivity contribution in [2.24, 2.45) is 5.73 Å². The molecule has 4 aromatic rings. The number of nitrogens with two attached hydrogens (primary N) is 1. The summed E-state index contributed by atoms with van der Waals surface area (Å²) >= 11 is 0. The van der Waals surface area contributed by atoms with E-state index in [1.807, 2.05) is 42.5 Å². The molecular formula is C29H29F2N. The lowest BCUT2D eigenvalue weighted by atomic mass is 9.95. The Morgan fingerprint density at radius 3 is 2.12 bits per heavy atom. The molecule has 32 heavy (non-hydrogen) atoms. The summed E-state index contributed by atoms with van der Waals surface area (Å²) in [6, 6.07) is 22.0. The van der Waals surface area contributed by atoms with E-state index in [0.29, 0.717) is 28.6 Å². The van der Waals surface area contributed by atoms with E-state index in [1.54, 1.807) is 18.2 Å². The largest absolute Gasteiger partial charge is 0.326 e. The summed E-state index contributed by atoms with van der Waals surface area (Å²) in [5.41, 5.74) is 10.1. The van der Waals surface area contributed by atoms with Gasteiger partial charge in [0, 0.05) is 23.1 Å². The van der Waals surface area contributed by atoms with E-state index >= 15 is 4.39 Å². The van der Waals surface area contributed by atoms with Gasteiger partial charge in [0.25, 0.3) is 0 Å². The summed E-state index contributed by atoms with van der Waals surface area (Å²) in [6.45, 7) is 2.65. The lowest BCUT2D eigenvalue weighted by Gasteiger charge is -2.11. The zero-order valence-electron chi connectivity index (χ0n) is 18.5. The second kappa shape index (κ2) is 10.1. The van der Waals surface area contributed by atoms with Crippen LogP contribution in [0.3, 0.4) is 0 Å². The molecule has 4 rings (SSSR count). The fourth-order valence-electron chi connectivity index (χ4n) is 4.21. The number of hydrogen-bond acceptors (Lipinski definition) is 1. The number of rotatable bonds is 8. The summed E-state index contributed by atoms with van der Waals surface area (Å²) in [6.07, 6.45) is 5.85. The fourth-order valence-corrected chi connectivity index (χ4v) is 4.21. The van der Waals surface area contributed by atoms with Crippen molar-refractivity contribution in [1.29, 1.82) is 0 Å². The van der Waals surface area contributed by atoms with Crippen LogP contribution in [0.25, 0.3) is 33.0 Å². The summed E-state index contributed by atoms with van der Waals surface area (Å²) in [7, 11) is 0. The minimum absolute atomic E-state index is 0.306. The van der Waals surface area contributed by atoms with Gasteiger partial charge >= 0.3 is 0 Å². The molecular weight excluding hydrogens is 400 g/mol. The van der Waals surface area contributed by atoms with E-state index < -0.39 is 0 Å². The van der Waals surface area contributed by atoms with Crippen molar-refractivity contribution in [3.8, 4) is 22.3 Å². The molecule has 4 aromatic carbocycles. The van der Waals surface area contributed by atoms with Gasteiger partial charge < -0.3 is 5.73 Å². The van der Waals surface area contributed by atoms with Gasteiger partial charge in [0.1, 0.15) is 11.6 Å². The molecule has 0 amide bonds. The quantitative estimate of drug-likeness (QED) is 0.282. The molecule has 0 aliphatic heterocycles. The molecule has 0 heterocycles. The molecule has 0 unspecified atom stereocenters. The van der Waals surface area contributed by atoms with Crippen molar-refractivity contribution in [2.75, 3.05) is 0 Å². The predicted molar refractivity (Wildman–Crippen MR) is 130 cm³/mol. The number of halogens is 2. The lowest BCUT2D eigenvalue weighted by Crippen LogP contribution is -1.95. The average Bonchev–Trinajstić information content (AvgIpc) is 2.82. The third kappa shape index (κ3) is 4.73. The highest BCUT2D eigenvalue weighted by Crippen LogP contribution is 2.33. The van der Waals surface area contributed by atoms with Crippen LogP contribution >= 0.6 is 0 Å². The van der Waals surface area contributed by atoms with Gasteiger partial charge in [-0.2, -0.15) is 0 Å². The van der Waals surface area contributed by atoms with Crippen LogP contribution in [0, 0.1) is 11.6 Å². The summed E-state index contributed by atoms with van der Waals surface area (Å²) < 4.78 is 30.3.